The lowest BCUT2D eigenvalue weighted by atomic mass is 9.75. The molecule has 0 saturated carbocycles. The summed E-state index contributed by atoms with van der Waals surface area (Å²) in [4.78, 5) is 11.7. The van der Waals surface area contributed by atoms with Crippen LogP contribution in [0.4, 0.5) is 4.39 Å². The molecule has 0 spiro atoms. The summed E-state index contributed by atoms with van der Waals surface area (Å²) >= 11 is 5.76. The number of benzene rings is 1. The van der Waals surface area contributed by atoms with Gasteiger partial charge in [0.15, 0.2) is 0 Å². The van der Waals surface area contributed by atoms with Crippen LogP contribution in [0.1, 0.15) is 46.1 Å². The minimum atomic E-state index is -0.747. The third-order valence-electron chi connectivity index (χ3n) is 3.29. The van der Waals surface area contributed by atoms with E-state index in [2.05, 4.69) is 20.8 Å². The van der Waals surface area contributed by atoms with Crippen LogP contribution in [-0.2, 0) is 10.2 Å². The van der Waals surface area contributed by atoms with E-state index in [1.165, 1.54) is 12.1 Å². The van der Waals surface area contributed by atoms with Crippen LogP contribution in [0.15, 0.2) is 24.3 Å². The number of carbonyl (C=O) groups excluding carboxylic acids is 1. The van der Waals surface area contributed by atoms with E-state index in [1.54, 1.807) is 12.1 Å². The van der Waals surface area contributed by atoms with E-state index >= 15 is 0 Å². The molecule has 18 heavy (non-hydrogen) atoms. The van der Waals surface area contributed by atoms with Crippen molar-refractivity contribution in [2.75, 3.05) is 0 Å². The molecule has 0 aliphatic rings. The molecule has 0 radical (unpaired) electrons. The van der Waals surface area contributed by atoms with Crippen LogP contribution in [-0.4, -0.2) is 5.24 Å². The van der Waals surface area contributed by atoms with Gasteiger partial charge < -0.3 is 0 Å². The first-order valence-corrected chi connectivity index (χ1v) is 6.49. The zero-order chi connectivity index (χ0) is 14.0. The largest absolute Gasteiger partial charge is 0.280 e. The van der Waals surface area contributed by atoms with E-state index in [4.69, 9.17) is 11.6 Å². The van der Waals surface area contributed by atoms with Gasteiger partial charge in [0.2, 0.25) is 5.24 Å². The summed E-state index contributed by atoms with van der Waals surface area (Å²) in [5.74, 6) is -0.307. The van der Waals surface area contributed by atoms with Gasteiger partial charge in [-0.2, -0.15) is 0 Å². The fourth-order valence-electron chi connectivity index (χ4n) is 1.80. The van der Waals surface area contributed by atoms with Gasteiger partial charge in [-0.05, 0) is 54.5 Å². The van der Waals surface area contributed by atoms with Crippen molar-refractivity contribution in [3.05, 3.63) is 35.6 Å². The van der Waals surface area contributed by atoms with Gasteiger partial charge in [0, 0.05) is 0 Å². The highest BCUT2D eigenvalue weighted by molar-refractivity contribution is 6.65. The normalized spacial score (nSPS) is 15.2. The first-order valence-electron chi connectivity index (χ1n) is 6.11. The third kappa shape index (κ3) is 3.81. The summed E-state index contributed by atoms with van der Waals surface area (Å²) in [5, 5.41) is -0.390. The molecule has 0 aliphatic carbocycles. The average molecular weight is 271 g/mol. The average Bonchev–Trinajstić information content (AvgIpc) is 2.25. The predicted octanol–water partition coefficient (Wildman–Crippen LogP) is 4.68. The van der Waals surface area contributed by atoms with Crippen molar-refractivity contribution < 1.29 is 9.18 Å². The molecule has 0 heterocycles. The SMILES string of the molecule is CC(C)(C)CC[C@@](C)(C(=O)Cl)c1ccc(F)cc1. The second kappa shape index (κ2) is 5.40. The number of hydrogen-bond donors (Lipinski definition) is 0. The first kappa shape index (κ1) is 15.2. The molecule has 0 aromatic heterocycles. The first-order chi connectivity index (χ1) is 8.15. The van der Waals surface area contributed by atoms with Crippen LogP contribution in [0.5, 0.6) is 0 Å². The van der Waals surface area contributed by atoms with E-state index in [1.807, 2.05) is 6.92 Å². The Bertz CT molecular complexity index is 419. The van der Waals surface area contributed by atoms with Gasteiger partial charge in [0.05, 0.1) is 5.41 Å². The Morgan fingerprint density at radius 2 is 1.61 bits per heavy atom. The second-order valence-electron chi connectivity index (χ2n) is 6.17. The van der Waals surface area contributed by atoms with Crippen molar-refractivity contribution >= 4 is 16.8 Å². The molecule has 1 rings (SSSR count). The summed E-state index contributed by atoms with van der Waals surface area (Å²) in [6, 6.07) is 6.01. The lowest BCUT2D eigenvalue weighted by Crippen LogP contribution is -2.30. The van der Waals surface area contributed by atoms with Gasteiger partial charge in [-0.3, -0.25) is 4.79 Å². The number of carbonyl (C=O) groups is 1. The minimum Gasteiger partial charge on any atom is -0.280 e. The Morgan fingerprint density at radius 1 is 1.11 bits per heavy atom. The molecule has 100 valence electrons. The molecule has 0 saturated heterocycles. The van der Waals surface area contributed by atoms with Crippen LogP contribution < -0.4 is 0 Å². The fraction of sp³-hybridized carbons (Fsp3) is 0.533. The molecule has 0 N–H and O–H groups in total. The Kier molecular flexibility index (Phi) is 4.55. The summed E-state index contributed by atoms with van der Waals surface area (Å²) in [6.07, 6.45) is 1.53. The van der Waals surface area contributed by atoms with Gasteiger partial charge in [0.1, 0.15) is 5.82 Å². The van der Waals surface area contributed by atoms with E-state index in [9.17, 15) is 9.18 Å². The second-order valence-corrected chi connectivity index (χ2v) is 6.52. The van der Waals surface area contributed by atoms with E-state index in [0.717, 1.165) is 12.0 Å². The monoisotopic (exact) mass is 270 g/mol. The zero-order valence-corrected chi connectivity index (χ0v) is 12.1. The quantitative estimate of drug-likeness (QED) is 0.727. The van der Waals surface area contributed by atoms with Crippen LogP contribution in [0, 0.1) is 11.2 Å². The van der Waals surface area contributed by atoms with Crippen LogP contribution in [0.2, 0.25) is 0 Å². The van der Waals surface area contributed by atoms with Gasteiger partial charge in [-0.15, -0.1) is 0 Å². The van der Waals surface area contributed by atoms with Crippen molar-refractivity contribution in [3.8, 4) is 0 Å². The Morgan fingerprint density at radius 3 is 2.00 bits per heavy atom. The van der Waals surface area contributed by atoms with E-state index in [0.29, 0.717) is 6.42 Å². The summed E-state index contributed by atoms with van der Waals surface area (Å²) in [5.41, 5.74) is 0.157. The molecule has 0 aliphatic heterocycles. The van der Waals surface area contributed by atoms with Gasteiger partial charge in [0.25, 0.3) is 0 Å². The molecule has 0 unspecified atom stereocenters. The highest BCUT2D eigenvalue weighted by Crippen LogP contribution is 2.35. The molecule has 0 bridgehead atoms. The third-order valence-corrected chi connectivity index (χ3v) is 3.71. The molecule has 1 aromatic carbocycles. The van der Waals surface area contributed by atoms with Crippen LogP contribution in [0.3, 0.4) is 0 Å². The van der Waals surface area contributed by atoms with Crippen molar-refractivity contribution in [1.82, 2.24) is 0 Å². The smallest absolute Gasteiger partial charge is 0.231 e. The van der Waals surface area contributed by atoms with Gasteiger partial charge >= 0.3 is 0 Å². The van der Waals surface area contributed by atoms with Crippen molar-refractivity contribution in [1.29, 1.82) is 0 Å². The molecule has 1 aromatic rings. The van der Waals surface area contributed by atoms with Gasteiger partial charge in [-0.25, -0.2) is 4.39 Å². The molecule has 0 amide bonds. The molecule has 3 heteroatoms. The fourth-order valence-corrected chi connectivity index (χ4v) is 2.00. The van der Waals surface area contributed by atoms with Crippen LogP contribution >= 0.6 is 11.6 Å². The van der Waals surface area contributed by atoms with Crippen molar-refractivity contribution in [3.63, 3.8) is 0 Å². The Hall–Kier alpha value is -0.890. The topological polar surface area (TPSA) is 17.1 Å². The summed E-state index contributed by atoms with van der Waals surface area (Å²) in [6.45, 7) is 8.19. The van der Waals surface area contributed by atoms with Crippen molar-refractivity contribution in [2.24, 2.45) is 5.41 Å². The molecule has 0 fully saturated rings. The predicted molar refractivity (Wildman–Crippen MR) is 73.3 cm³/mol. The molecule has 1 atom stereocenters. The summed E-state index contributed by atoms with van der Waals surface area (Å²) < 4.78 is 12.9. The van der Waals surface area contributed by atoms with Crippen LogP contribution in [0.25, 0.3) is 0 Å². The summed E-state index contributed by atoms with van der Waals surface area (Å²) in [7, 11) is 0. The standard InChI is InChI=1S/C15H20ClFO/c1-14(2,3)9-10-15(4,13(16)18)11-5-7-12(17)8-6-11/h5-8H,9-10H2,1-4H3/t15-/m1/s1. The highest BCUT2D eigenvalue weighted by Gasteiger charge is 2.34. The van der Waals surface area contributed by atoms with E-state index in [-0.39, 0.29) is 11.2 Å². The lowest BCUT2D eigenvalue weighted by molar-refractivity contribution is -0.116. The minimum absolute atomic E-state index is 0.133. The molecular formula is C15H20ClFO. The highest BCUT2D eigenvalue weighted by atomic mass is 35.5. The Labute approximate surface area is 113 Å². The number of halogens is 2. The Balaban J connectivity index is 3.00. The zero-order valence-electron chi connectivity index (χ0n) is 11.4. The lowest BCUT2D eigenvalue weighted by Gasteiger charge is -2.29. The maximum atomic E-state index is 12.9. The van der Waals surface area contributed by atoms with Crippen molar-refractivity contribution in [2.45, 2.75) is 46.0 Å². The van der Waals surface area contributed by atoms with Gasteiger partial charge in [-0.1, -0.05) is 32.9 Å². The maximum absolute atomic E-state index is 12.9. The molecule has 1 nitrogen and oxygen atoms in total. The number of rotatable bonds is 4. The molecular weight excluding hydrogens is 251 g/mol. The maximum Gasteiger partial charge on any atom is 0.231 e. The number of hydrogen-bond acceptors (Lipinski definition) is 1. The van der Waals surface area contributed by atoms with E-state index < -0.39 is 10.7 Å².